The van der Waals surface area contributed by atoms with Crippen LogP contribution < -0.4 is 11.1 Å². The van der Waals surface area contributed by atoms with E-state index in [9.17, 15) is 9.59 Å². The van der Waals surface area contributed by atoms with E-state index in [-0.39, 0.29) is 18.5 Å². The zero-order valence-corrected chi connectivity index (χ0v) is 10.9. The Hall–Kier alpha value is -1.69. The summed E-state index contributed by atoms with van der Waals surface area (Å²) in [6.07, 6.45) is 0. The third-order valence-electron chi connectivity index (χ3n) is 2.68. The maximum atomic E-state index is 11.4. The van der Waals surface area contributed by atoms with Crippen LogP contribution >= 0.6 is 11.8 Å². The minimum atomic E-state index is -0.308. The van der Waals surface area contributed by atoms with E-state index in [4.69, 9.17) is 5.73 Å². The molecule has 3 N–H and O–H groups in total. The van der Waals surface area contributed by atoms with Gasteiger partial charge in [0.2, 0.25) is 5.91 Å². The maximum absolute atomic E-state index is 11.4. The predicted octanol–water partition coefficient (Wildman–Crippen LogP) is 1.22. The zero-order chi connectivity index (χ0) is 13.1. The van der Waals surface area contributed by atoms with Crippen LogP contribution in [0.3, 0.4) is 0 Å². The maximum Gasteiger partial charge on any atom is 0.324 e. The van der Waals surface area contributed by atoms with Crippen molar-refractivity contribution in [3.8, 4) is 0 Å². The molecule has 1 aliphatic heterocycles. The summed E-state index contributed by atoms with van der Waals surface area (Å²) < 4.78 is 0. The number of aryl methyl sites for hydroxylation is 1. The number of nitrogens with zero attached hydrogens (tertiary/aromatic N) is 1. The summed E-state index contributed by atoms with van der Waals surface area (Å²) in [5, 5.41) is 2.49. The lowest BCUT2D eigenvalue weighted by molar-refractivity contribution is -0.124. The molecule has 0 aromatic heterocycles. The molecule has 0 spiro atoms. The number of benzene rings is 1. The third kappa shape index (κ3) is 2.76. The second kappa shape index (κ2) is 5.30. The highest BCUT2D eigenvalue weighted by atomic mass is 32.2. The van der Waals surface area contributed by atoms with E-state index in [1.165, 1.54) is 4.90 Å². The predicted molar refractivity (Wildman–Crippen MR) is 71.4 cm³/mol. The van der Waals surface area contributed by atoms with Gasteiger partial charge in [0.1, 0.15) is 0 Å². The molecule has 0 radical (unpaired) electrons. The topological polar surface area (TPSA) is 75.4 Å². The van der Waals surface area contributed by atoms with Crippen LogP contribution in [0, 0.1) is 6.92 Å². The van der Waals surface area contributed by atoms with Crippen LogP contribution in [0.5, 0.6) is 0 Å². The fourth-order valence-electron chi connectivity index (χ4n) is 1.70. The van der Waals surface area contributed by atoms with Crippen molar-refractivity contribution < 1.29 is 9.59 Å². The van der Waals surface area contributed by atoms with Crippen LogP contribution in [-0.4, -0.2) is 35.7 Å². The van der Waals surface area contributed by atoms with Gasteiger partial charge in [0, 0.05) is 22.9 Å². The Labute approximate surface area is 110 Å². The average molecular weight is 265 g/mol. The van der Waals surface area contributed by atoms with Crippen molar-refractivity contribution in [2.24, 2.45) is 0 Å². The normalized spacial score (nSPS) is 15.1. The Balaban J connectivity index is 1.90. The van der Waals surface area contributed by atoms with E-state index in [0.717, 1.165) is 16.1 Å². The number of carbonyl (C=O) groups is 2. The molecule has 2 rings (SSSR count). The number of anilines is 1. The summed E-state index contributed by atoms with van der Waals surface area (Å²) in [6, 6.07) is 5.52. The van der Waals surface area contributed by atoms with Crippen molar-refractivity contribution >= 4 is 29.4 Å². The largest absolute Gasteiger partial charge is 0.398 e. The Morgan fingerprint density at radius 1 is 1.44 bits per heavy atom. The lowest BCUT2D eigenvalue weighted by Gasteiger charge is -2.12. The second-order valence-electron chi connectivity index (χ2n) is 4.09. The number of hydrogen-bond donors (Lipinski definition) is 2. The molecule has 0 unspecified atom stereocenters. The SMILES string of the molecule is Cc1ccc(N)c(SCCN2C(=O)CNC2=O)c1. The molecule has 0 bridgehead atoms. The molecule has 0 aliphatic carbocycles. The number of nitrogens with two attached hydrogens (primary N) is 1. The Morgan fingerprint density at radius 2 is 2.22 bits per heavy atom. The van der Waals surface area contributed by atoms with Crippen molar-refractivity contribution in [3.05, 3.63) is 23.8 Å². The summed E-state index contributed by atoms with van der Waals surface area (Å²) in [5.74, 6) is 0.477. The van der Waals surface area contributed by atoms with E-state index < -0.39 is 0 Å². The van der Waals surface area contributed by atoms with Gasteiger partial charge in [0.15, 0.2) is 0 Å². The van der Waals surface area contributed by atoms with Crippen LogP contribution in [0.25, 0.3) is 0 Å². The summed E-state index contributed by atoms with van der Waals surface area (Å²) in [7, 11) is 0. The summed E-state index contributed by atoms with van der Waals surface area (Å²) >= 11 is 1.55. The van der Waals surface area contributed by atoms with Gasteiger partial charge in [-0.05, 0) is 24.6 Å². The molecule has 0 saturated carbocycles. The molecule has 1 fully saturated rings. The van der Waals surface area contributed by atoms with Crippen molar-refractivity contribution in [2.75, 3.05) is 24.6 Å². The quantitative estimate of drug-likeness (QED) is 0.487. The molecule has 0 atom stereocenters. The zero-order valence-electron chi connectivity index (χ0n) is 10.1. The van der Waals surface area contributed by atoms with Crippen LogP contribution in [0.15, 0.2) is 23.1 Å². The van der Waals surface area contributed by atoms with Crippen molar-refractivity contribution in [2.45, 2.75) is 11.8 Å². The summed E-state index contributed by atoms with van der Waals surface area (Å²) in [4.78, 5) is 24.9. The minimum absolute atomic E-state index is 0.107. The first-order valence-electron chi connectivity index (χ1n) is 5.65. The van der Waals surface area contributed by atoms with Gasteiger partial charge >= 0.3 is 6.03 Å². The van der Waals surface area contributed by atoms with Gasteiger partial charge in [0.25, 0.3) is 0 Å². The number of nitrogens with one attached hydrogen (secondary N) is 1. The molecule has 96 valence electrons. The highest BCUT2D eigenvalue weighted by Crippen LogP contribution is 2.26. The molecule has 1 aromatic carbocycles. The van der Waals surface area contributed by atoms with E-state index in [1.807, 2.05) is 25.1 Å². The average Bonchev–Trinajstić information content (AvgIpc) is 2.65. The molecule has 1 saturated heterocycles. The standard InChI is InChI=1S/C12H15N3O2S/c1-8-2-3-9(13)10(6-8)18-5-4-15-11(16)7-14-12(15)17/h2-3,6H,4-5,7,13H2,1H3,(H,14,17). The molecular weight excluding hydrogens is 250 g/mol. The van der Waals surface area contributed by atoms with E-state index in [0.29, 0.717) is 12.3 Å². The van der Waals surface area contributed by atoms with Gasteiger partial charge in [-0.3, -0.25) is 9.69 Å². The molecule has 1 aliphatic rings. The van der Waals surface area contributed by atoms with Crippen LogP contribution in [0.2, 0.25) is 0 Å². The third-order valence-corrected chi connectivity index (χ3v) is 3.73. The Bertz CT molecular complexity index is 474. The first-order valence-corrected chi connectivity index (χ1v) is 6.63. The Kier molecular flexibility index (Phi) is 3.76. The molecule has 1 aromatic rings. The second-order valence-corrected chi connectivity index (χ2v) is 5.23. The van der Waals surface area contributed by atoms with Gasteiger partial charge in [-0.2, -0.15) is 0 Å². The van der Waals surface area contributed by atoms with Crippen LogP contribution in [0.1, 0.15) is 5.56 Å². The van der Waals surface area contributed by atoms with Gasteiger partial charge < -0.3 is 11.1 Å². The minimum Gasteiger partial charge on any atom is -0.398 e. The summed E-state index contributed by atoms with van der Waals surface area (Å²) in [6.45, 7) is 2.51. The highest BCUT2D eigenvalue weighted by molar-refractivity contribution is 7.99. The van der Waals surface area contributed by atoms with Gasteiger partial charge in [-0.1, -0.05) is 6.07 Å². The van der Waals surface area contributed by atoms with Gasteiger partial charge in [-0.25, -0.2) is 4.79 Å². The number of nitrogen functional groups attached to an aromatic ring is 1. The number of thioether (sulfide) groups is 1. The van der Waals surface area contributed by atoms with E-state index in [1.54, 1.807) is 11.8 Å². The number of amides is 3. The van der Waals surface area contributed by atoms with Crippen LogP contribution in [0.4, 0.5) is 10.5 Å². The molecule has 5 nitrogen and oxygen atoms in total. The molecule has 18 heavy (non-hydrogen) atoms. The lowest BCUT2D eigenvalue weighted by Crippen LogP contribution is -2.32. The first kappa shape index (κ1) is 12.8. The Morgan fingerprint density at radius 3 is 2.89 bits per heavy atom. The summed E-state index contributed by atoms with van der Waals surface area (Å²) in [5.41, 5.74) is 7.72. The lowest BCUT2D eigenvalue weighted by atomic mass is 10.2. The monoisotopic (exact) mass is 265 g/mol. The number of urea groups is 1. The number of carbonyl (C=O) groups excluding carboxylic acids is 2. The van der Waals surface area contributed by atoms with Crippen molar-refractivity contribution in [1.29, 1.82) is 0 Å². The fraction of sp³-hybridized carbons (Fsp3) is 0.333. The van der Waals surface area contributed by atoms with E-state index in [2.05, 4.69) is 5.32 Å². The van der Waals surface area contributed by atoms with Gasteiger partial charge in [-0.15, -0.1) is 11.8 Å². The number of hydrogen-bond acceptors (Lipinski definition) is 4. The first-order chi connectivity index (χ1) is 8.58. The van der Waals surface area contributed by atoms with E-state index >= 15 is 0 Å². The van der Waals surface area contributed by atoms with Crippen molar-refractivity contribution in [3.63, 3.8) is 0 Å². The van der Waals surface area contributed by atoms with Crippen LogP contribution in [-0.2, 0) is 4.79 Å². The smallest absolute Gasteiger partial charge is 0.324 e. The molecule has 1 heterocycles. The highest BCUT2D eigenvalue weighted by Gasteiger charge is 2.27. The fourth-order valence-corrected chi connectivity index (χ4v) is 2.69. The number of rotatable bonds is 4. The number of imide groups is 1. The molecule has 6 heteroatoms. The van der Waals surface area contributed by atoms with Crippen molar-refractivity contribution in [1.82, 2.24) is 10.2 Å². The van der Waals surface area contributed by atoms with Gasteiger partial charge in [0.05, 0.1) is 6.54 Å². The molecular formula is C12H15N3O2S. The molecule has 3 amide bonds.